The molecule has 102 valence electrons. The molecule has 0 aromatic heterocycles. The molecule has 0 bridgehead atoms. The van der Waals surface area contributed by atoms with Gasteiger partial charge in [-0.05, 0) is 44.4 Å². The fourth-order valence-corrected chi connectivity index (χ4v) is 4.72. The van der Waals surface area contributed by atoms with Crippen molar-refractivity contribution in [2.45, 2.75) is 49.0 Å². The number of hydrogen-bond donors (Lipinski definition) is 1. The summed E-state index contributed by atoms with van der Waals surface area (Å²) in [5.74, 6) is 1.87. The summed E-state index contributed by atoms with van der Waals surface area (Å²) >= 11 is 2.02. The molecule has 1 aromatic carbocycles. The summed E-state index contributed by atoms with van der Waals surface area (Å²) in [6.07, 6.45) is 9.21. The van der Waals surface area contributed by atoms with E-state index in [9.17, 15) is 0 Å². The Morgan fingerprint density at radius 2 is 2.11 bits per heavy atom. The number of hydrogen-bond acceptors (Lipinski definition) is 2. The van der Waals surface area contributed by atoms with Crippen molar-refractivity contribution in [3.05, 3.63) is 41.5 Å². The summed E-state index contributed by atoms with van der Waals surface area (Å²) in [5, 5.41) is 3.60. The van der Waals surface area contributed by atoms with Gasteiger partial charge < -0.3 is 5.32 Å². The summed E-state index contributed by atoms with van der Waals surface area (Å²) in [7, 11) is 2.13. The maximum Gasteiger partial charge on any atom is 0.0354 e. The Kier molecular flexibility index (Phi) is 4.29. The van der Waals surface area contributed by atoms with E-state index in [1.54, 1.807) is 11.1 Å². The molecule has 19 heavy (non-hydrogen) atoms. The molecule has 2 heteroatoms. The molecule has 2 aliphatic rings. The van der Waals surface area contributed by atoms with Gasteiger partial charge in [-0.25, -0.2) is 0 Å². The first-order chi connectivity index (χ1) is 9.40. The third kappa shape index (κ3) is 2.75. The minimum Gasteiger partial charge on any atom is -0.313 e. The third-order valence-electron chi connectivity index (χ3n) is 4.43. The quantitative estimate of drug-likeness (QED) is 0.822. The first-order valence-electron chi connectivity index (χ1n) is 7.48. The minimum absolute atomic E-state index is 0.536. The van der Waals surface area contributed by atoms with Crippen LogP contribution < -0.4 is 5.32 Å². The zero-order valence-corrected chi connectivity index (χ0v) is 12.5. The van der Waals surface area contributed by atoms with Crippen LogP contribution in [-0.4, -0.2) is 18.8 Å². The van der Waals surface area contributed by atoms with E-state index in [2.05, 4.69) is 42.7 Å². The highest BCUT2D eigenvalue weighted by atomic mass is 32.2. The largest absolute Gasteiger partial charge is 0.313 e. The zero-order chi connectivity index (χ0) is 13.1. The first kappa shape index (κ1) is 13.3. The second kappa shape index (κ2) is 6.15. The molecule has 1 aliphatic heterocycles. The van der Waals surface area contributed by atoms with E-state index in [1.807, 2.05) is 11.8 Å². The van der Waals surface area contributed by atoms with E-state index in [4.69, 9.17) is 0 Å². The van der Waals surface area contributed by atoms with Crippen LogP contribution >= 0.6 is 11.8 Å². The lowest BCUT2D eigenvalue weighted by molar-refractivity contribution is 0.531. The molecule has 1 heterocycles. The van der Waals surface area contributed by atoms with Gasteiger partial charge >= 0.3 is 0 Å². The molecule has 0 radical (unpaired) electrons. The smallest absolute Gasteiger partial charge is 0.0354 e. The predicted molar refractivity (Wildman–Crippen MR) is 83.9 cm³/mol. The van der Waals surface area contributed by atoms with Crippen molar-refractivity contribution in [2.24, 2.45) is 0 Å². The van der Waals surface area contributed by atoms with Gasteiger partial charge in [-0.1, -0.05) is 36.3 Å². The Hall–Kier alpha value is -0.730. The van der Waals surface area contributed by atoms with Gasteiger partial charge in [0, 0.05) is 22.6 Å². The number of likely N-dealkylation sites (N-methyl/N-ethyl adjacent to an activating group) is 1. The van der Waals surface area contributed by atoms with Crippen LogP contribution in [0.1, 0.15) is 43.6 Å². The monoisotopic (exact) mass is 273 g/mol. The summed E-state index contributed by atoms with van der Waals surface area (Å²) in [5.41, 5.74) is 3.21. The topological polar surface area (TPSA) is 12.0 Å². The molecule has 1 N–H and O–H groups in total. The van der Waals surface area contributed by atoms with Crippen LogP contribution in [0, 0.1) is 0 Å². The van der Waals surface area contributed by atoms with Crippen molar-refractivity contribution in [3.63, 3.8) is 0 Å². The molecule has 0 spiro atoms. The molecule has 0 amide bonds. The lowest BCUT2D eigenvalue weighted by Gasteiger charge is -2.26. The Morgan fingerprint density at radius 1 is 1.21 bits per heavy atom. The Labute approximate surface area is 120 Å². The van der Waals surface area contributed by atoms with E-state index in [0.717, 1.165) is 0 Å². The average molecular weight is 273 g/mol. The van der Waals surface area contributed by atoms with Gasteiger partial charge in [0.2, 0.25) is 0 Å². The Balaban J connectivity index is 1.85. The number of benzene rings is 1. The molecule has 0 saturated carbocycles. The van der Waals surface area contributed by atoms with Crippen molar-refractivity contribution >= 4 is 11.8 Å². The van der Waals surface area contributed by atoms with E-state index in [1.165, 1.54) is 42.8 Å². The molecule has 2 atom stereocenters. The highest BCUT2D eigenvalue weighted by Gasteiger charge is 2.31. The molecule has 0 fully saturated rings. The lowest BCUT2D eigenvalue weighted by Crippen LogP contribution is -2.34. The summed E-state index contributed by atoms with van der Waals surface area (Å²) < 4.78 is 0. The van der Waals surface area contributed by atoms with Crippen LogP contribution in [0.15, 0.2) is 40.8 Å². The number of nitrogens with one attached hydrogen (secondary N) is 1. The predicted octanol–water partition coefficient (Wildman–Crippen LogP) is 4.35. The third-order valence-corrected chi connectivity index (χ3v) is 5.63. The molecule has 1 aromatic rings. The number of allylic oxidation sites excluding steroid dienone is 1. The van der Waals surface area contributed by atoms with Crippen molar-refractivity contribution in [3.8, 4) is 0 Å². The number of rotatable bonds is 3. The highest BCUT2D eigenvalue weighted by Crippen LogP contribution is 2.43. The van der Waals surface area contributed by atoms with Gasteiger partial charge in [0.25, 0.3) is 0 Å². The second-order valence-corrected chi connectivity index (χ2v) is 6.66. The molecule has 1 nitrogen and oxygen atoms in total. The standard InChI is InChI=1S/C17H23NS/c1-18-17(13-8-4-2-3-5-9-13)15-12-19-16-11-7-6-10-14(15)16/h6-8,10-11,15,17-18H,2-5,9,12H2,1H3. The maximum absolute atomic E-state index is 3.60. The fourth-order valence-electron chi connectivity index (χ4n) is 3.43. The molecular weight excluding hydrogens is 250 g/mol. The van der Waals surface area contributed by atoms with Crippen LogP contribution in [0.4, 0.5) is 0 Å². The van der Waals surface area contributed by atoms with Crippen molar-refractivity contribution < 1.29 is 0 Å². The van der Waals surface area contributed by atoms with Crippen LogP contribution in [0.5, 0.6) is 0 Å². The van der Waals surface area contributed by atoms with E-state index >= 15 is 0 Å². The molecular formula is C17H23NS. The maximum atomic E-state index is 3.60. The fraction of sp³-hybridized carbons (Fsp3) is 0.529. The summed E-state index contributed by atoms with van der Waals surface area (Å²) in [4.78, 5) is 1.49. The van der Waals surface area contributed by atoms with Crippen molar-refractivity contribution in [1.82, 2.24) is 5.32 Å². The van der Waals surface area contributed by atoms with Crippen LogP contribution in [0.2, 0.25) is 0 Å². The van der Waals surface area contributed by atoms with E-state index < -0.39 is 0 Å². The van der Waals surface area contributed by atoms with Gasteiger partial charge in [0.05, 0.1) is 0 Å². The van der Waals surface area contributed by atoms with Gasteiger partial charge in [-0.3, -0.25) is 0 Å². The minimum atomic E-state index is 0.536. The summed E-state index contributed by atoms with van der Waals surface area (Å²) in [6, 6.07) is 9.48. The van der Waals surface area contributed by atoms with Crippen LogP contribution in [0.3, 0.4) is 0 Å². The Bertz CT molecular complexity index is 466. The molecule has 0 saturated heterocycles. The lowest BCUT2D eigenvalue weighted by atomic mass is 9.86. The van der Waals surface area contributed by atoms with Crippen LogP contribution in [0.25, 0.3) is 0 Å². The first-order valence-corrected chi connectivity index (χ1v) is 8.46. The van der Waals surface area contributed by atoms with Gasteiger partial charge in [-0.15, -0.1) is 11.8 Å². The average Bonchev–Trinajstić information content (AvgIpc) is 2.69. The van der Waals surface area contributed by atoms with Gasteiger partial charge in [0.1, 0.15) is 0 Å². The van der Waals surface area contributed by atoms with E-state index in [0.29, 0.717) is 12.0 Å². The molecule has 1 aliphatic carbocycles. The van der Waals surface area contributed by atoms with Crippen LogP contribution in [-0.2, 0) is 0 Å². The zero-order valence-electron chi connectivity index (χ0n) is 11.7. The van der Waals surface area contributed by atoms with Crippen molar-refractivity contribution in [1.29, 1.82) is 0 Å². The SMILES string of the molecule is CNC(C1=CCCCCC1)C1CSc2ccccc21. The van der Waals surface area contributed by atoms with Gasteiger partial charge in [-0.2, -0.15) is 0 Å². The number of fused-ring (bicyclic) bond motifs is 1. The molecule has 3 rings (SSSR count). The molecule has 2 unspecified atom stereocenters. The van der Waals surface area contributed by atoms with E-state index in [-0.39, 0.29) is 0 Å². The normalized spacial score (nSPS) is 24.5. The summed E-state index contributed by atoms with van der Waals surface area (Å²) in [6.45, 7) is 0. The van der Waals surface area contributed by atoms with Gasteiger partial charge in [0.15, 0.2) is 0 Å². The van der Waals surface area contributed by atoms with Crippen molar-refractivity contribution in [2.75, 3.05) is 12.8 Å². The second-order valence-electron chi connectivity index (χ2n) is 5.60. The highest BCUT2D eigenvalue weighted by molar-refractivity contribution is 7.99. The number of thioether (sulfide) groups is 1. The Morgan fingerprint density at radius 3 is 3.00 bits per heavy atom.